The normalized spacial score (nSPS) is 26.8. The lowest BCUT2D eigenvalue weighted by Crippen LogP contribution is -2.36. The van der Waals surface area contributed by atoms with E-state index >= 15 is 0 Å². The number of aliphatic hydroxyl groups is 1. The van der Waals surface area contributed by atoms with Gasteiger partial charge in [0, 0.05) is 33.4 Å². The van der Waals surface area contributed by atoms with E-state index in [-0.39, 0.29) is 6.10 Å². The average molecular weight is 289 g/mol. The van der Waals surface area contributed by atoms with Gasteiger partial charge in [0.05, 0.1) is 6.10 Å². The predicted molar refractivity (Wildman–Crippen MR) is 79.3 cm³/mol. The molecular formula is C13H17ClOS2. The summed E-state index contributed by atoms with van der Waals surface area (Å²) in [5.41, 5.74) is 1.05. The molecule has 1 aromatic carbocycles. The van der Waals surface area contributed by atoms with Gasteiger partial charge in [-0.1, -0.05) is 36.7 Å². The maximum Gasteiger partial charge on any atom is 0.0710 e. The van der Waals surface area contributed by atoms with Crippen LogP contribution in [-0.4, -0.2) is 33.2 Å². The molecule has 1 nitrogen and oxygen atoms in total. The van der Waals surface area contributed by atoms with Crippen molar-refractivity contribution in [2.45, 2.75) is 29.9 Å². The SMILES string of the molecule is CC1SCCSC1C(O)Cc1ccccc1Cl. The van der Waals surface area contributed by atoms with Crippen molar-refractivity contribution in [1.29, 1.82) is 0 Å². The number of aliphatic hydroxyl groups excluding tert-OH is 1. The molecule has 17 heavy (non-hydrogen) atoms. The lowest BCUT2D eigenvalue weighted by atomic mass is 10.0. The average Bonchev–Trinajstić information content (AvgIpc) is 2.32. The summed E-state index contributed by atoms with van der Waals surface area (Å²) in [7, 11) is 0. The van der Waals surface area contributed by atoms with Gasteiger partial charge in [0.15, 0.2) is 0 Å². The molecule has 1 aromatic rings. The van der Waals surface area contributed by atoms with Gasteiger partial charge in [0.25, 0.3) is 0 Å². The summed E-state index contributed by atoms with van der Waals surface area (Å²) in [6.07, 6.45) is 0.352. The van der Waals surface area contributed by atoms with Gasteiger partial charge in [-0.2, -0.15) is 23.5 Å². The smallest absolute Gasteiger partial charge is 0.0710 e. The van der Waals surface area contributed by atoms with Crippen LogP contribution < -0.4 is 0 Å². The molecule has 0 spiro atoms. The Hall–Kier alpha value is 0.170. The highest BCUT2D eigenvalue weighted by Crippen LogP contribution is 2.34. The monoisotopic (exact) mass is 288 g/mol. The van der Waals surface area contributed by atoms with Gasteiger partial charge in [-0.25, -0.2) is 0 Å². The van der Waals surface area contributed by atoms with E-state index in [1.165, 1.54) is 5.75 Å². The van der Waals surface area contributed by atoms with Crippen molar-refractivity contribution in [3.63, 3.8) is 0 Å². The van der Waals surface area contributed by atoms with Gasteiger partial charge in [-0.05, 0) is 11.6 Å². The molecule has 0 aliphatic carbocycles. The van der Waals surface area contributed by atoms with Crippen molar-refractivity contribution >= 4 is 35.1 Å². The zero-order valence-electron chi connectivity index (χ0n) is 9.80. The molecule has 0 amide bonds. The Bertz CT molecular complexity index is 372. The summed E-state index contributed by atoms with van der Waals surface area (Å²) in [6, 6.07) is 7.78. The van der Waals surface area contributed by atoms with E-state index in [1.807, 2.05) is 47.8 Å². The van der Waals surface area contributed by atoms with Crippen molar-refractivity contribution in [2.75, 3.05) is 11.5 Å². The fraction of sp³-hybridized carbons (Fsp3) is 0.538. The van der Waals surface area contributed by atoms with Crippen LogP contribution in [0, 0.1) is 0 Å². The topological polar surface area (TPSA) is 20.2 Å². The van der Waals surface area contributed by atoms with Crippen LogP contribution in [0.2, 0.25) is 5.02 Å². The first-order chi connectivity index (χ1) is 8.18. The molecule has 1 aliphatic rings. The van der Waals surface area contributed by atoms with Gasteiger partial charge in [-0.15, -0.1) is 0 Å². The van der Waals surface area contributed by atoms with E-state index in [1.54, 1.807) is 0 Å². The van der Waals surface area contributed by atoms with E-state index in [4.69, 9.17) is 11.6 Å². The van der Waals surface area contributed by atoms with Gasteiger partial charge in [0.2, 0.25) is 0 Å². The summed E-state index contributed by atoms with van der Waals surface area (Å²) in [5, 5.41) is 11.9. The van der Waals surface area contributed by atoms with Crippen molar-refractivity contribution < 1.29 is 5.11 Å². The molecule has 94 valence electrons. The molecule has 1 heterocycles. The summed E-state index contributed by atoms with van der Waals surface area (Å²) >= 11 is 9.97. The molecule has 1 N–H and O–H groups in total. The quantitative estimate of drug-likeness (QED) is 0.920. The molecule has 0 radical (unpaired) electrons. The van der Waals surface area contributed by atoms with Crippen molar-refractivity contribution in [1.82, 2.24) is 0 Å². The lowest BCUT2D eigenvalue weighted by Gasteiger charge is -2.31. The van der Waals surface area contributed by atoms with Crippen LogP contribution in [0.4, 0.5) is 0 Å². The number of hydrogen-bond donors (Lipinski definition) is 1. The number of thioether (sulfide) groups is 2. The third-order valence-corrected chi connectivity index (χ3v) is 6.61. The molecular weight excluding hydrogens is 272 g/mol. The highest BCUT2D eigenvalue weighted by molar-refractivity contribution is 8.07. The molecule has 4 heteroatoms. The van der Waals surface area contributed by atoms with E-state index in [0.717, 1.165) is 16.3 Å². The van der Waals surface area contributed by atoms with Crippen LogP contribution in [0.5, 0.6) is 0 Å². The van der Waals surface area contributed by atoms with Gasteiger partial charge >= 0.3 is 0 Å². The molecule has 1 fully saturated rings. The highest BCUT2D eigenvalue weighted by atomic mass is 35.5. The molecule has 2 rings (SSSR count). The standard InChI is InChI=1S/C13H17ClOS2/c1-9-13(17-7-6-16-9)12(15)8-10-4-2-3-5-11(10)14/h2-5,9,12-13,15H,6-8H2,1H3. The van der Waals surface area contributed by atoms with Gasteiger partial charge in [-0.3, -0.25) is 0 Å². The molecule has 0 saturated carbocycles. The molecule has 3 atom stereocenters. The first kappa shape index (κ1) is 13.6. The van der Waals surface area contributed by atoms with Crippen LogP contribution >= 0.6 is 35.1 Å². The fourth-order valence-corrected chi connectivity index (χ4v) is 5.14. The molecule has 1 aliphatic heterocycles. The molecule has 1 saturated heterocycles. The van der Waals surface area contributed by atoms with Crippen molar-refractivity contribution in [2.24, 2.45) is 0 Å². The Kier molecular flexibility index (Phi) is 5.10. The summed E-state index contributed by atoms with van der Waals surface area (Å²) in [6.45, 7) is 2.21. The van der Waals surface area contributed by atoms with Crippen LogP contribution in [-0.2, 0) is 6.42 Å². The van der Waals surface area contributed by atoms with Crippen molar-refractivity contribution in [3.05, 3.63) is 34.9 Å². The maximum absolute atomic E-state index is 10.3. The fourth-order valence-electron chi connectivity index (χ4n) is 2.08. The number of benzene rings is 1. The van der Waals surface area contributed by atoms with E-state index in [2.05, 4.69) is 6.92 Å². The summed E-state index contributed by atoms with van der Waals surface area (Å²) < 4.78 is 0. The summed E-state index contributed by atoms with van der Waals surface area (Å²) in [5.74, 6) is 2.33. The number of hydrogen-bond acceptors (Lipinski definition) is 3. The first-order valence-corrected chi connectivity index (χ1v) is 8.30. The minimum absolute atomic E-state index is 0.303. The predicted octanol–water partition coefficient (Wildman–Crippen LogP) is 3.48. The van der Waals surface area contributed by atoms with Crippen LogP contribution in [0.3, 0.4) is 0 Å². The van der Waals surface area contributed by atoms with Crippen LogP contribution in [0.1, 0.15) is 12.5 Å². The Morgan fingerprint density at radius 3 is 2.76 bits per heavy atom. The number of halogens is 1. The Morgan fingerprint density at radius 1 is 1.35 bits per heavy atom. The highest BCUT2D eigenvalue weighted by Gasteiger charge is 2.29. The Labute approximate surface area is 116 Å². The minimum atomic E-state index is -0.303. The van der Waals surface area contributed by atoms with Crippen molar-refractivity contribution in [3.8, 4) is 0 Å². The summed E-state index contributed by atoms with van der Waals surface area (Å²) in [4.78, 5) is 0. The lowest BCUT2D eigenvalue weighted by molar-refractivity contribution is 0.171. The first-order valence-electron chi connectivity index (χ1n) is 5.83. The Balaban J connectivity index is 2.01. The van der Waals surface area contributed by atoms with E-state index < -0.39 is 0 Å². The van der Waals surface area contributed by atoms with Crippen LogP contribution in [0.25, 0.3) is 0 Å². The zero-order valence-corrected chi connectivity index (χ0v) is 12.2. The number of rotatable bonds is 3. The van der Waals surface area contributed by atoms with Gasteiger partial charge in [0.1, 0.15) is 0 Å². The second-order valence-corrected chi connectivity index (χ2v) is 7.45. The van der Waals surface area contributed by atoms with Crippen LogP contribution in [0.15, 0.2) is 24.3 Å². The third kappa shape index (κ3) is 3.57. The second-order valence-electron chi connectivity index (χ2n) is 4.27. The third-order valence-electron chi connectivity index (χ3n) is 3.00. The van der Waals surface area contributed by atoms with Gasteiger partial charge < -0.3 is 5.11 Å². The van der Waals surface area contributed by atoms with E-state index in [9.17, 15) is 5.11 Å². The molecule has 3 unspecified atom stereocenters. The second kappa shape index (κ2) is 6.37. The Morgan fingerprint density at radius 2 is 2.06 bits per heavy atom. The maximum atomic E-state index is 10.3. The molecule has 0 bridgehead atoms. The molecule has 0 aromatic heterocycles. The zero-order chi connectivity index (χ0) is 12.3. The van der Waals surface area contributed by atoms with E-state index in [0.29, 0.717) is 16.9 Å². The largest absolute Gasteiger partial charge is 0.392 e. The minimum Gasteiger partial charge on any atom is -0.392 e.